The third-order valence-corrected chi connectivity index (χ3v) is 2.65. The molecule has 0 saturated heterocycles. The fourth-order valence-electron chi connectivity index (χ4n) is 1.96. The van der Waals surface area contributed by atoms with Crippen molar-refractivity contribution in [2.24, 2.45) is 0 Å². The highest BCUT2D eigenvalue weighted by Crippen LogP contribution is 2.46. The smallest absolute Gasteiger partial charge is 0.207 e. The summed E-state index contributed by atoms with van der Waals surface area (Å²) >= 11 is 0. The second-order valence-electron chi connectivity index (χ2n) is 4.09. The summed E-state index contributed by atoms with van der Waals surface area (Å²) in [5.41, 5.74) is 1.01. The van der Waals surface area contributed by atoms with Crippen LogP contribution in [0.2, 0.25) is 0 Å². The average molecular weight is 268 g/mol. The van der Waals surface area contributed by atoms with E-state index < -0.39 is 0 Å². The van der Waals surface area contributed by atoms with E-state index in [2.05, 4.69) is 6.92 Å². The topological polar surface area (TPSA) is 47.9 Å². The van der Waals surface area contributed by atoms with Gasteiger partial charge in [0.2, 0.25) is 11.5 Å². The molecule has 0 unspecified atom stereocenters. The van der Waals surface area contributed by atoms with Crippen LogP contribution in [0.25, 0.3) is 0 Å². The third-order valence-electron chi connectivity index (χ3n) is 2.65. The Morgan fingerprint density at radius 2 is 1.47 bits per heavy atom. The third kappa shape index (κ3) is 3.69. The van der Waals surface area contributed by atoms with Crippen molar-refractivity contribution in [1.82, 2.24) is 0 Å². The number of hydrogen-bond acceptors (Lipinski definition) is 4. The van der Waals surface area contributed by atoms with Crippen molar-refractivity contribution in [2.75, 3.05) is 19.8 Å². The van der Waals surface area contributed by atoms with Crippen LogP contribution in [0.5, 0.6) is 23.0 Å². The molecular weight excluding hydrogens is 244 g/mol. The Kier molecular flexibility index (Phi) is 6.33. The molecule has 1 aromatic rings. The molecule has 0 bridgehead atoms. The molecule has 0 saturated carbocycles. The molecule has 0 spiro atoms. The Morgan fingerprint density at radius 3 is 2.00 bits per heavy atom. The summed E-state index contributed by atoms with van der Waals surface area (Å²) < 4.78 is 16.6. The van der Waals surface area contributed by atoms with Gasteiger partial charge in [-0.05, 0) is 33.3 Å². The van der Waals surface area contributed by atoms with E-state index in [4.69, 9.17) is 14.2 Å². The first-order valence-electron chi connectivity index (χ1n) is 6.96. The van der Waals surface area contributed by atoms with Gasteiger partial charge in [0.25, 0.3) is 0 Å². The van der Waals surface area contributed by atoms with Crippen molar-refractivity contribution < 1.29 is 19.3 Å². The minimum absolute atomic E-state index is 0.0204. The van der Waals surface area contributed by atoms with Crippen LogP contribution in [0.3, 0.4) is 0 Å². The molecule has 0 atom stereocenters. The monoisotopic (exact) mass is 268 g/mol. The Labute approximate surface area is 115 Å². The SMILES string of the molecule is CCCc1cc(OCC)c(O)c(OCC)c1OCC. The van der Waals surface area contributed by atoms with Crippen LogP contribution in [0, 0.1) is 0 Å². The summed E-state index contributed by atoms with van der Waals surface area (Å²) in [7, 11) is 0. The number of aromatic hydroxyl groups is 1. The van der Waals surface area contributed by atoms with E-state index in [1.165, 1.54) is 0 Å². The maximum absolute atomic E-state index is 10.2. The molecule has 0 fully saturated rings. The molecule has 1 N–H and O–H groups in total. The Hall–Kier alpha value is -1.58. The van der Waals surface area contributed by atoms with Gasteiger partial charge in [-0.3, -0.25) is 0 Å². The Bertz CT molecular complexity index is 402. The molecule has 1 aromatic carbocycles. The maximum atomic E-state index is 10.2. The van der Waals surface area contributed by atoms with Crippen molar-refractivity contribution in [2.45, 2.75) is 40.5 Å². The molecule has 0 aliphatic rings. The van der Waals surface area contributed by atoms with E-state index in [0.717, 1.165) is 18.4 Å². The van der Waals surface area contributed by atoms with Crippen molar-refractivity contribution in [3.8, 4) is 23.0 Å². The quantitative estimate of drug-likeness (QED) is 0.783. The lowest BCUT2D eigenvalue weighted by atomic mass is 10.1. The van der Waals surface area contributed by atoms with Crippen LogP contribution < -0.4 is 14.2 Å². The van der Waals surface area contributed by atoms with Gasteiger partial charge in [0, 0.05) is 5.56 Å². The van der Waals surface area contributed by atoms with Gasteiger partial charge in [0.15, 0.2) is 11.5 Å². The van der Waals surface area contributed by atoms with Gasteiger partial charge in [0.1, 0.15) is 0 Å². The molecule has 4 heteroatoms. The summed E-state index contributed by atoms with van der Waals surface area (Å²) in [6.07, 6.45) is 1.84. The van der Waals surface area contributed by atoms with Crippen LogP contribution >= 0.6 is 0 Å². The van der Waals surface area contributed by atoms with Crippen LogP contribution in [0.1, 0.15) is 39.7 Å². The molecular formula is C15H24O4. The number of phenols is 1. The molecule has 19 heavy (non-hydrogen) atoms. The lowest BCUT2D eigenvalue weighted by Crippen LogP contribution is -2.04. The number of ether oxygens (including phenoxy) is 3. The van der Waals surface area contributed by atoms with E-state index >= 15 is 0 Å². The second kappa shape index (κ2) is 7.77. The van der Waals surface area contributed by atoms with E-state index in [-0.39, 0.29) is 5.75 Å². The number of phenolic OH excluding ortho intramolecular Hbond substituents is 1. The first kappa shape index (κ1) is 15.5. The number of aryl methyl sites for hydroxylation is 1. The number of benzene rings is 1. The van der Waals surface area contributed by atoms with Gasteiger partial charge in [-0.2, -0.15) is 0 Å². The van der Waals surface area contributed by atoms with Gasteiger partial charge in [-0.25, -0.2) is 0 Å². The van der Waals surface area contributed by atoms with Crippen molar-refractivity contribution in [3.63, 3.8) is 0 Å². The van der Waals surface area contributed by atoms with Gasteiger partial charge in [-0.1, -0.05) is 13.3 Å². The molecule has 0 aromatic heterocycles. The first-order chi connectivity index (χ1) is 9.19. The highest BCUT2D eigenvalue weighted by molar-refractivity contribution is 5.62. The minimum Gasteiger partial charge on any atom is -0.502 e. The predicted molar refractivity (Wildman–Crippen MR) is 75.6 cm³/mol. The zero-order valence-corrected chi connectivity index (χ0v) is 12.3. The van der Waals surface area contributed by atoms with Gasteiger partial charge in [0.05, 0.1) is 19.8 Å². The van der Waals surface area contributed by atoms with Crippen LogP contribution in [-0.4, -0.2) is 24.9 Å². The number of hydrogen-bond donors (Lipinski definition) is 1. The minimum atomic E-state index is 0.0204. The molecule has 0 aliphatic heterocycles. The Morgan fingerprint density at radius 1 is 0.895 bits per heavy atom. The second-order valence-corrected chi connectivity index (χ2v) is 4.09. The van der Waals surface area contributed by atoms with Gasteiger partial charge in [-0.15, -0.1) is 0 Å². The van der Waals surface area contributed by atoms with Crippen LogP contribution in [0.4, 0.5) is 0 Å². The Balaban J connectivity index is 3.33. The zero-order valence-electron chi connectivity index (χ0n) is 12.3. The highest BCUT2D eigenvalue weighted by Gasteiger charge is 2.20. The largest absolute Gasteiger partial charge is 0.502 e. The van der Waals surface area contributed by atoms with E-state index in [0.29, 0.717) is 37.1 Å². The normalized spacial score (nSPS) is 10.3. The summed E-state index contributed by atoms with van der Waals surface area (Å²) in [4.78, 5) is 0. The maximum Gasteiger partial charge on any atom is 0.207 e. The lowest BCUT2D eigenvalue weighted by molar-refractivity contribution is 0.260. The average Bonchev–Trinajstić information content (AvgIpc) is 2.39. The first-order valence-corrected chi connectivity index (χ1v) is 6.96. The van der Waals surface area contributed by atoms with E-state index in [9.17, 15) is 5.11 Å². The van der Waals surface area contributed by atoms with E-state index in [1.807, 2.05) is 26.8 Å². The van der Waals surface area contributed by atoms with Crippen molar-refractivity contribution in [3.05, 3.63) is 11.6 Å². The molecule has 0 amide bonds. The molecule has 0 radical (unpaired) electrons. The highest BCUT2D eigenvalue weighted by atomic mass is 16.5. The lowest BCUT2D eigenvalue weighted by Gasteiger charge is -2.18. The molecule has 108 valence electrons. The van der Waals surface area contributed by atoms with Crippen molar-refractivity contribution in [1.29, 1.82) is 0 Å². The van der Waals surface area contributed by atoms with Crippen LogP contribution in [0.15, 0.2) is 6.07 Å². The molecule has 0 heterocycles. The van der Waals surface area contributed by atoms with Crippen LogP contribution in [-0.2, 0) is 6.42 Å². The number of rotatable bonds is 8. The van der Waals surface area contributed by atoms with Crippen molar-refractivity contribution >= 4 is 0 Å². The summed E-state index contributed by atoms with van der Waals surface area (Å²) in [5.74, 6) is 1.50. The summed E-state index contributed by atoms with van der Waals surface area (Å²) in [6, 6.07) is 1.84. The molecule has 4 nitrogen and oxygen atoms in total. The molecule has 0 aliphatic carbocycles. The van der Waals surface area contributed by atoms with Gasteiger partial charge < -0.3 is 19.3 Å². The van der Waals surface area contributed by atoms with Gasteiger partial charge >= 0.3 is 0 Å². The van der Waals surface area contributed by atoms with E-state index in [1.54, 1.807) is 0 Å². The summed E-state index contributed by atoms with van der Waals surface area (Å²) in [6.45, 7) is 9.28. The molecule has 1 rings (SSSR count). The summed E-state index contributed by atoms with van der Waals surface area (Å²) in [5, 5.41) is 10.2. The predicted octanol–water partition coefficient (Wildman–Crippen LogP) is 3.54. The fourth-order valence-corrected chi connectivity index (χ4v) is 1.96. The standard InChI is InChI=1S/C15H24O4/c1-5-9-11-10-12(17-6-2)13(16)15(19-8-4)14(11)18-7-3/h10,16H,5-9H2,1-4H3. The fraction of sp³-hybridized carbons (Fsp3) is 0.600. The zero-order chi connectivity index (χ0) is 14.3.